The van der Waals surface area contributed by atoms with Crippen LogP contribution in [-0.4, -0.2) is 79.9 Å². The van der Waals surface area contributed by atoms with Crippen LogP contribution in [0, 0.1) is 5.41 Å². The largest absolute Gasteiger partial charge is 0.480 e. The van der Waals surface area contributed by atoms with E-state index in [1.54, 1.807) is 20.8 Å². The van der Waals surface area contributed by atoms with E-state index in [0.29, 0.717) is 0 Å². The number of aromatic nitrogens is 4. The van der Waals surface area contributed by atoms with Gasteiger partial charge in [0.1, 0.15) is 29.7 Å². The van der Waals surface area contributed by atoms with Crippen LogP contribution in [0.2, 0.25) is 0 Å². The van der Waals surface area contributed by atoms with Crippen molar-refractivity contribution in [1.29, 1.82) is 0 Å². The van der Waals surface area contributed by atoms with E-state index in [9.17, 15) is 32.3 Å². The standard InChI is InChI=1S/C24H27F4N7O4/c1-23(2,3)18(36)22(38)34-8-14(25)15(9-34)33-20(37)12-5-11(7-30-21(12)39-4)16-6-13(24(26,27)28)17-19(29)31-10-32-35(16)17/h5-7,10,14-15,18,36H,8-9H2,1-4H3,(H,33,37)(H2,29,31,32)/t14-,15+,18+/m0/s1. The zero-order valence-electron chi connectivity index (χ0n) is 21.5. The molecule has 0 saturated carbocycles. The van der Waals surface area contributed by atoms with Gasteiger partial charge in [0.25, 0.3) is 11.8 Å². The molecule has 0 aromatic carbocycles. The third-order valence-corrected chi connectivity index (χ3v) is 6.40. The van der Waals surface area contributed by atoms with Crippen LogP contribution in [0.4, 0.5) is 23.4 Å². The Bertz CT molecular complexity index is 1420. The van der Waals surface area contributed by atoms with E-state index in [-0.39, 0.29) is 35.8 Å². The topological polar surface area (TPSA) is 148 Å². The number of nitrogens with two attached hydrogens (primary N) is 1. The van der Waals surface area contributed by atoms with Crippen molar-refractivity contribution in [3.63, 3.8) is 0 Å². The van der Waals surface area contributed by atoms with Gasteiger partial charge in [0.2, 0.25) is 5.88 Å². The summed E-state index contributed by atoms with van der Waals surface area (Å²) in [6.45, 7) is 4.47. The normalized spacial score (nSPS) is 18.8. The summed E-state index contributed by atoms with van der Waals surface area (Å²) in [6, 6.07) is 0.931. The van der Waals surface area contributed by atoms with E-state index in [1.807, 2.05) is 0 Å². The molecule has 39 heavy (non-hydrogen) atoms. The quantitative estimate of drug-likeness (QED) is 0.407. The number of methoxy groups -OCH3 is 1. The van der Waals surface area contributed by atoms with Crippen LogP contribution >= 0.6 is 0 Å². The maximum Gasteiger partial charge on any atom is 0.418 e. The molecule has 210 valence electrons. The molecule has 1 aliphatic rings. The molecule has 0 unspecified atom stereocenters. The highest BCUT2D eigenvalue weighted by molar-refractivity contribution is 5.98. The molecule has 0 aliphatic carbocycles. The highest BCUT2D eigenvalue weighted by Gasteiger charge is 2.41. The van der Waals surface area contributed by atoms with Crippen molar-refractivity contribution in [2.75, 3.05) is 25.9 Å². The summed E-state index contributed by atoms with van der Waals surface area (Å²) in [7, 11) is 1.24. The Morgan fingerprint density at radius 1 is 1.21 bits per heavy atom. The number of hydrogen-bond donors (Lipinski definition) is 3. The minimum absolute atomic E-state index is 0.0675. The summed E-state index contributed by atoms with van der Waals surface area (Å²) in [5.74, 6) is -2.05. The lowest BCUT2D eigenvalue weighted by Gasteiger charge is -2.28. The molecule has 1 fully saturated rings. The monoisotopic (exact) mass is 553 g/mol. The molecule has 3 atom stereocenters. The molecule has 3 aromatic rings. The Kier molecular flexibility index (Phi) is 7.14. The molecule has 0 radical (unpaired) electrons. The van der Waals surface area contributed by atoms with Crippen LogP contribution in [0.1, 0.15) is 36.7 Å². The smallest absolute Gasteiger partial charge is 0.418 e. The van der Waals surface area contributed by atoms with Crippen molar-refractivity contribution in [3.05, 3.63) is 35.8 Å². The van der Waals surface area contributed by atoms with E-state index in [1.165, 1.54) is 19.4 Å². The van der Waals surface area contributed by atoms with Crippen molar-refractivity contribution in [2.45, 2.75) is 45.3 Å². The van der Waals surface area contributed by atoms with Crippen LogP contribution in [-0.2, 0) is 11.0 Å². The minimum atomic E-state index is -4.77. The number of hydrogen-bond acceptors (Lipinski definition) is 8. The van der Waals surface area contributed by atoms with Crippen molar-refractivity contribution in [3.8, 4) is 17.1 Å². The van der Waals surface area contributed by atoms with Crippen LogP contribution in [0.3, 0.4) is 0 Å². The summed E-state index contributed by atoms with van der Waals surface area (Å²) < 4.78 is 62.1. The van der Waals surface area contributed by atoms with Gasteiger partial charge in [0.05, 0.1) is 31.0 Å². The van der Waals surface area contributed by atoms with Crippen molar-refractivity contribution in [1.82, 2.24) is 29.8 Å². The van der Waals surface area contributed by atoms with Gasteiger partial charge in [0, 0.05) is 18.3 Å². The number of ether oxygens (including phenoxy) is 1. The van der Waals surface area contributed by atoms with Gasteiger partial charge in [-0.15, -0.1) is 0 Å². The summed E-state index contributed by atoms with van der Waals surface area (Å²) in [5.41, 5.74) is 3.19. The average Bonchev–Trinajstić information content (AvgIpc) is 3.44. The van der Waals surface area contributed by atoms with Gasteiger partial charge in [-0.2, -0.15) is 18.3 Å². The number of amides is 2. The Morgan fingerprint density at radius 2 is 1.90 bits per heavy atom. The number of aliphatic hydroxyl groups excluding tert-OH is 1. The number of pyridine rings is 1. The second kappa shape index (κ2) is 9.94. The van der Waals surface area contributed by atoms with Gasteiger partial charge >= 0.3 is 6.18 Å². The fourth-order valence-electron chi connectivity index (χ4n) is 4.28. The maximum atomic E-state index is 14.8. The predicted molar refractivity (Wildman–Crippen MR) is 130 cm³/mol. The Hall–Kier alpha value is -4.01. The third kappa shape index (κ3) is 5.30. The summed E-state index contributed by atoms with van der Waals surface area (Å²) in [5, 5.41) is 16.7. The number of likely N-dealkylation sites (tertiary alicyclic amines) is 1. The molecule has 1 aliphatic heterocycles. The maximum absolute atomic E-state index is 14.8. The van der Waals surface area contributed by atoms with Gasteiger partial charge in [0.15, 0.2) is 5.82 Å². The Balaban J connectivity index is 1.65. The lowest BCUT2D eigenvalue weighted by Crippen LogP contribution is -2.46. The highest BCUT2D eigenvalue weighted by atomic mass is 19.4. The molecule has 4 heterocycles. The van der Waals surface area contributed by atoms with Gasteiger partial charge in [-0.3, -0.25) is 9.59 Å². The molecule has 4 rings (SSSR count). The highest BCUT2D eigenvalue weighted by Crippen LogP contribution is 2.39. The van der Waals surface area contributed by atoms with Gasteiger partial charge in [-0.25, -0.2) is 18.9 Å². The van der Waals surface area contributed by atoms with E-state index in [0.717, 1.165) is 21.8 Å². The second-order valence-electron chi connectivity index (χ2n) is 10.2. The summed E-state index contributed by atoms with van der Waals surface area (Å²) >= 11 is 0. The molecule has 4 N–H and O–H groups in total. The molecule has 0 spiro atoms. The zero-order chi connectivity index (χ0) is 28.9. The lowest BCUT2D eigenvalue weighted by atomic mass is 9.88. The number of alkyl halides is 4. The summed E-state index contributed by atoms with van der Waals surface area (Å²) in [6.07, 6.45) is -5.59. The summed E-state index contributed by atoms with van der Waals surface area (Å²) in [4.78, 5) is 34.6. The van der Waals surface area contributed by atoms with Gasteiger partial charge in [-0.1, -0.05) is 20.8 Å². The lowest BCUT2D eigenvalue weighted by molar-refractivity contribution is -0.144. The van der Waals surface area contributed by atoms with E-state index < -0.39 is 58.6 Å². The van der Waals surface area contributed by atoms with Crippen LogP contribution in [0.5, 0.6) is 5.88 Å². The molecule has 2 amide bonds. The first kappa shape index (κ1) is 28.0. The first-order valence-corrected chi connectivity index (χ1v) is 11.8. The SMILES string of the molecule is COc1ncc(-c2cc(C(F)(F)F)c3c(N)ncnn23)cc1C(=O)N[C@@H]1CN(C(=O)[C@@H](O)C(C)(C)C)C[C@@H]1F. The Morgan fingerprint density at radius 3 is 2.51 bits per heavy atom. The molecule has 0 bridgehead atoms. The van der Waals surface area contributed by atoms with Gasteiger partial charge in [-0.05, 0) is 17.5 Å². The minimum Gasteiger partial charge on any atom is -0.480 e. The molecule has 3 aromatic heterocycles. The van der Waals surface area contributed by atoms with E-state index in [2.05, 4.69) is 20.4 Å². The zero-order valence-corrected chi connectivity index (χ0v) is 21.5. The average molecular weight is 554 g/mol. The van der Waals surface area contributed by atoms with Crippen molar-refractivity contribution < 1.29 is 37.0 Å². The fraction of sp³-hybridized carbons (Fsp3) is 0.458. The molecule has 1 saturated heterocycles. The van der Waals surface area contributed by atoms with E-state index in [4.69, 9.17) is 10.5 Å². The number of anilines is 1. The van der Waals surface area contributed by atoms with Gasteiger partial charge < -0.3 is 25.8 Å². The molecule has 15 heteroatoms. The van der Waals surface area contributed by atoms with Crippen molar-refractivity contribution >= 4 is 23.1 Å². The number of nitrogens with zero attached hydrogens (tertiary/aromatic N) is 5. The number of fused-ring (bicyclic) bond motifs is 1. The predicted octanol–water partition coefficient (Wildman–Crippen LogP) is 2.09. The first-order chi connectivity index (χ1) is 18.1. The molecular weight excluding hydrogens is 526 g/mol. The fourth-order valence-corrected chi connectivity index (χ4v) is 4.28. The number of nitrogens with one attached hydrogen (secondary N) is 1. The molecular formula is C24H27F4N7O4. The third-order valence-electron chi connectivity index (χ3n) is 6.40. The van der Waals surface area contributed by atoms with Crippen LogP contribution in [0.25, 0.3) is 16.8 Å². The van der Waals surface area contributed by atoms with E-state index >= 15 is 0 Å². The van der Waals surface area contributed by atoms with Crippen LogP contribution < -0.4 is 15.8 Å². The molecule has 11 nitrogen and oxygen atoms in total. The van der Waals surface area contributed by atoms with Crippen LogP contribution in [0.15, 0.2) is 24.7 Å². The number of nitrogen functional groups attached to an aromatic ring is 1. The number of carbonyl (C=O) groups excluding carboxylic acids is 2. The Labute approximate surface area is 220 Å². The number of carbonyl (C=O) groups is 2. The number of halogens is 4. The van der Waals surface area contributed by atoms with Crippen molar-refractivity contribution in [2.24, 2.45) is 5.41 Å². The first-order valence-electron chi connectivity index (χ1n) is 11.8. The second-order valence-corrected chi connectivity index (χ2v) is 10.2. The number of rotatable bonds is 5. The number of aliphatic hydroxyl groups is 1.